The molecule has 26 heavy (non-hydrogen) atoms. The number of aromatic nitrogens is 2. The highest BCUT2D eigenvalue weighted by Crippen LogP contribution is 2.22. The second kappa shape index (κ2) is 9.37. The zero-order valence-corrected chi connectivity index (χ0v) is 17.8. The van der Waals surface area contributed by atoms with Gasteiger partial charge >= 0.3 is 5.97 Å². The lowest BCUT2D eigenvalue weighted by molar-refractivity contribution is -0.681. The zero-order chi connectivity index (χ0) is 18.6. The van der Waals surface area contributed by atoms with E-state index in [1.807, 2.05) is 39.0 Å². The summed E-state index contributed by atoms with van der Waals surface area (Å²) in [6.45, 7) is 8.97. The van der Waals surface area contributed by atoms with Gasteiger partial charge in [-0.15, -0.1) is 0 Å². The van der Waals surface area contributed by atoms with Gasteiger partial charge in [-0.05, 0) is 39.8 Å². The number of aliphatic hydroxyl groups is 1. The summed E-state index contributed by atoms with van der Waals surface area (Å²) in [5.41, 5.74) is 1.58. The third-order valence-corrected chi connectivity index (χ3v) is 4.00. The number of nitrogens with zero attached hydrogens (tertiary/aromatic N) is 2. The Morgan fingerprint density at radius 1 is 1.31 bits per heavy atom. The Morgan fingerprint density at radius 2 is 2.00 bits per heavy atom. The Morgan fingerprint density at radius 3 is 2.54 bits per heavy atom. The van der Waals surface area contributed by atoms with Crippen molar-refractivity contribution in [2.45, 2.75) is 59.2 Å². The van der Waals surface area contributed by atoms with Gasteiger partial charge in [0.25, 0.3) is 5.82 Å². The topological polar surface area (TPSA) is 64.6 Å². The van der Waals surface area contributed by atoms with Crippen molar-refractivity contribution in [3.05, 3.63) is 24.0 Å². The highest BCUT2D eigenvalue weighted by molar-refractivity contribution is 5.75. The van der Waals surface area contributed by atoms with E-state index in [9.17, 15) is 9.90 Å². The van der Waals surface area contributed by atoms with E-state index >= 15 is 0 Å². The van der Waals surface area contributed by atoms with Crippen LogP contribution < -0.4 is 26.3 Å². The molecule has 0 radical (unpaired) electrons. The molecule has 1 N–H and O–H groups in total. The quantitative estimate of drug-likeness (QED) is 0.464. The summed E-state index contributed by atoms with van der Waals surface area (Å²) in [6, 6.07) is 5.89. The molecule has 0 aliphatic carbocycles. The molecule has 1 heterocycles. The predicted octanol–water partition coefficient (Wildman–Crippen LogP) is -0.772. The summed E-state index contributed by atoms with van der Waals surface area (Å²) < 4.78 is 15.0. The number of carbonyl (C=O) groups is 1. The molecule has 2 aromatic rings. The van der Waals surface area contributed by atoms with E-state index in [0.29, 0.717) is 19.4 Å². The number of esters is 1. The van der Waals surface area contributed by atoms with Crippen LogP contribution in [0.15, 0.2) is 18.2 Å². The molecule has 0 aliphatic heterocycles. The van der Waals surface area contributed by atoms with E-state index in [2.05, 4.69) is 16.1 Å². The molecule has 1 aromatic carbocycles. The van der Waals surface area contributed by atoms with Gasteiger partial charge in [-0.3, -0.25) is 4.79 Å². The molecule has 0 unspecified atom stereocenters. The number of benzene rings is 1. The van der Waals surface area contributed by atoms with Crippen LogP contribution in [0.1, 0.15) is 39.9 Å². The molecular formula is C19H29BrN2O4. The van der Waals surface area contributed by atoms with Crippen LogP contribution in [-0.2, 0) is 29.0 Å². The lowest BCUT2D eigenvalue weighted by Gasteiger charge is -2.19. The molecule has 1 aromatic heterocycles. The Balaban J connectivity index is 0.00000338. The monoisotopic (exact) mass is 428 g/mol. The maximum Gasteiger partial charge on any atom is 0.306 e. The minimum atomic E-state index is -0.483. The van der Waals surface area contributed by atoms with E-state index in [4.69, 9.17) is 9.47 Å². The number of rotatable bonds is 7. The molecule has 0 bridgehead atoms. The first-order valence-electron chi connectivity index (χ1n) is 8.72. The van der Waals surface area contributed by atoms with Crippen LogP contribution in [0, 0.1) is 0 Å². The summed E-state index contributed by atoms with van der Waals surface area (Å²) in [5.74, 6) is 1.58. The van der Waals surface area contributed by atoms with Gasteiger partial charge in [0.15, 0.2) is 11.0 Å². The number of halogens is 1. The third-order valence-electron chi connectivity index (χ3n) is 4.00. The largest absolute Gasteiger partial charge is 1.00 e. The normalized spacial score (nSPS) is 11.3. The summed E-state index contributed by atoms with van der Waals surface area (Å²) in [6.07, 6.45) is 0.857. The molecule has 0 fully saturated rings. The van der Waals surface area contributed by atoms with Gasteiger partial charge in [0.2, 0.25) is 0 Å². The molecule has 0 saturated carbocycles. The summed E-state index contributed by atoms with van der Waals surface area (Å²) in [5, 5.41) is 9.47. The molecule has 6 nitrogen and oxygen atoms in total. The highest BCUT2D eigenvalue weighted by atomic mass is 79.9. The number of ether oxygens (including phenoxy) is 2. The van der Waals surface area contributed by atoms with Crippen LogP contribution in [0.25, 0.3) is 11.0 Å². The molecule has 0 aliphatic rings. The number of fused-ring (bicyclic) bond motifs is 1. The lowest BCUT2D eigenvalue weighted by Crippen LogP contribution is -3.00. The number of methoxy groups -OCH3 is 1. The molecule has 0 amide bonds. The Kier molecular flexibility index (Phi) is 8.09. The zero-order valence-electron chi connectivity index (χ0n) is 16.2. The predicted molar refractivity (Wildman–Crippen MR) is 95.6 cm³/mol. The van der Waals surface area contributed by atoms with Crippen molar-refractivity contribution in [1.82, 2.24) is 4.57 Å². The van der Waals surface area contributed by atoms with E-state index in [0.717, 1.165) is 29.2 Å². The van der Waals surface area contributed by atoms with E-state index < -0.39 is 5.60 Å². The Hall–Kier alpha value is -1.60. The minimum Gasteiger partial charge on any atom is -1.00 e. The SMILES string of the molecule is CCn1c(CCC(=O)OC(C)(C)C)[n+](CCO)c2ccc(OC)cc21.[Br-]. The molecular weight excluding hydrogens is 400 g/mol. The number of aryl methyl sites for hydroxylation is 1. The van der Waals surface area contributed by atoms with Crippen molar-refractivity contribution >= 4 is 17.0 Å². The molecule has 0 atom stereocenters. The average Bonchev–Trinajstić information content (AvgIpc) is 2.83. The van der Waals surface area contributed by atoms with Gasteiger partial charge in [-0.1, -0.05) is 0 Å². The van der Waals surface area contributed by atoms with Crippen molar-refractivity contribution in [1.29, 1.82) is 0 Å². The van der Waals surface area contributed by atoms with Gasteiger partial charge in [-0.2, -0.15) is 0 Å². The minimum absolute atomic E-state index is 0. The van der Waals surface area contributed by atoms with Crippen molar-refractivity contribution in [2.24, 2.45) is 0 Å². The van der Waals surface area contributed by atoms with E-state index in [1.165, 1.54) is 0 Å². The molecule has 146 valence electrons. The fourth-order valence-corrected chi connectivity index (χ4v) is 3.08. The smallest absolute Gasteiger partial charge is 0.306 e. The van der Waals surface area contributed by atoms with Crippen LogP contribution in [0.5, 0.6) is 5.75 Å². The Labute approximate surface area is 165 Å². The number of carbonyl (C=O) groups excluding carboxylic acids is 1. The first-order chi connectivity index (χ1) is 11.8. The molecule has 7 heteroatoms. The van der Waals surface area contributed by atoms with Crippen molar-refractivity contribution in [2.75, 3.05) is 13.7 Å². The van der Waals surface area contributed by atoms with Crippen LogP contribution >= 0.6 is 0 Å². The average molecular weight is 429 g/mol. The van der Waals surface area contributed by atoms with Gasteiger partial charge < -0.3 is 31.6 Å². The summed E-state index contributed by atoms with van der Waals surface area (Å²) >= 11 is 0. The van der Waals surface area contributed by atoms with E-state index in [-0.39, 0.29) is 29.6 Å². The lowest BCUT2D eigenvalue weighted by atomic mass is 10.2. The number of imidazole rings is 1. The fraction of sp³-hybridized carbons (Fsp3) is 0.579. The second-order valence-corrected chi connectivity index (χ2v) is 6.98. The van der Waals surface area contributed by atoms with Crippen molar-refractivity contribution < 1.29 is 40.9 Å². The highest BCUT2D eigenvalue weighted by Gasteiger charge is 2.26. The van der Waals surface area contributed by atoms with Crippen LogP contribution in [0.2, 0.25) is 0 Å². The van der Waals surface area contributed by atoms with Crippen LogP contribution in [0.3, 0.4) is 0 Å². The Bertz CT molecular complexity index is 750. The number of aliphatic hydroxyl groups excluding tert-OH is 1. The standard InChI is InChI=1S/C19H29N2O4.BrH/c1-6-20-16-13-14(24-5)7-8-15(16)21(11-12-22)17(20)9-10-18(23)25-19(2,3)4;/h7-8,13,22H,6,9-12H2,1-5H3;1H/q+1;/p-1. The van der Waals surface area contributed by atoms with Gasteiger partial charge in [-0.25, -0.2) is 9.13 Å². The summed E-state index contributed by atoms with van der Waals surface area (Å²) in [7, 11) is 1.64. The van der Waals surface area contributed by atoms with Crippen LogP contribution in [-0.4, -0.2) is 35.0 Å². The molecule has 0 spiro atoms. The van der Waals surface area contributed by atoms with Crippen LogP contribution in [0.4, 0.5) is 0 Å². The van der Waals surface area contributed by atoms with Gasteiger partial charge in [0.1, 0.15) is 17.9 Å². The maximum absolute atomic E-state index is 12.1. The van der Waals surface area contributed by atoms with Gasteiger partial charge in [0, 0.05) is 6.07 Å². The molecule has 0 saturated heterocycles. The summed E-state index contributed by atoms with van der Waals surface area (Å²) in [4.78, 5) is 12.1. The number of hydrogen-bond acceptors (Lipinski definition) is 4. The van der Waals surface area contributed by atoms with Crippen molar-refractivity contribution in [3.63, 3.8) is 0 Å². The first-order valence-corrected chi connectivity index (χ1v) is 8.72. The third kappa shape index (κ3) is 5.20. The maximum atomic E-state index is 12.1. The number of hydrogen-bond donors (Lipinski definition) is 1. The second-order valence-electron chi connectivity index (χ2n) is 6.98. The fourth-order valence-electron chi connectivity index (χ4n) is 3.08. The van der Waals surface area contributed by atoms with Crippen molar-refractivity contribution in [3.8, 4) is 5.75 Å². The van der Waals surface area contributed by atoms with E-state index in [1.54, 1.807) is 7.11 Å². The molecule has 2 rings (SSSR count). The first kappa shape index (κ1) is 22.4. The van der Waals surface area contributed by atoms with Gasteiger partial charge in [0.05, 0.1) is 33.1 Å².